The largest absolute Gasteiger partial charge is 0.494 e. The topological polar surface area (TPSA) is 21.3 Å². The molecule has 0 aromatic heterocycles. The van der Waals surface area contributed by atoms with Crippen molar-refractivity contribution in [2.45, 2.75) is 45.6 Å². The fourth-order valence-electron chi connectivity index (χ4n) is 2.68. The molecule has 0 saturated heterocycles. The molecule has 1 N–H and O–H groups in total. The van der Waals surface area contributed by atoms with Crippen molar-refractivity contribution in [1.29, 1.82) is 0 Å². The molecule has 1 aromatic rings. The van der Waals surface area contributed by atoms with Gasteiger partial charge in [0.2, 0.25) is 0 Å². The zero-order chi connectivity index (χ0) is 13.7. The maximum absolute atomic E-state index is 5.54. The van der Waals surface area contributed by atoms with Crippen molar-refractivity contribution >= 4 is 15.9 Å². The van der Waals surface area contributed by atoms with E-state index in [1.807, 2.05) is 6.92 Å². The average Bonchev–Trinajstić information content (AvgIpc) is 2.33. The minimum absolute atomic E-state index is 0.459. The van der Waals surface area contributed by atoms with E-state index in [2.05, 4.69) is 46.4 Å². The summed E-state index contributed by atoms with van der Waals surface area (Å²) in [6.07, 6.45) is 5.46. The highest BCUT2D eigenvalue weighted by atomic mass is 79.9. The molecule has 0 heterocycles. The third-order valence-electron chi connectivity index (χ3n) is 3.90. The fraction of sp³-hybridized carbons (Fsp3) is 0.625. The van der Waals surface area contributed by atoms with Gasteiger partial charge in [-0.1, -0.05) is 48.2 Å². The van der Waals surface area contributed by atoms with Crippen LogP contribution >= 0.6 is 15.9 Å². The smallest absolute Gasteiger partial charge is 0.120 e. The zero-order valence-electron chi connectivity index (χ0n) is 11.9. The van der Waals surface area contributed by atoms with Crippen molar-refractivity contribution in [3.05, 3.63) is 28.2 Å². The Hall–Kier alpha value is -0.540. The molecule has 1 aromatic carbocycles. The highest BCUT2D eigenvalue weighted by molar-refractivity contribution is 9.10. The van der Waals surface area contributed by atoms with Crippen LogP contribution in [0.3, 0.4) is 0 Å². The SMILES string of the molecule is CCNC(CC1CCC1)c1ccc(OCC)cc1Br. The summed E-state index contributed by atoms with van der Waals surface area (Å²) in [5, 5.41) is 3.62. The summed E-state index contributed by atoms with van der Waals surface area (Å²) in [5.41, 5.74) is 1.36. The van der Waals surface area contributed by atoms with Crippen molar-refractivity contribution in [2.75, 3.05) is 13.2 Å². The second-order valence-corrected chi connectivity index (χ2v) is 6.11. The van der Waals surface area contributed by atoms with E-state index in [-0.39, 0.29) is 0 Å². The zero-order valence-corrected chi connectivity index (χ0v) is 13.5. The maximum atomic E-state index is 5.54. The van der Waals surface area contributed by atoms with Crippen LogP contribution in [0.2, 0.25) is 0 Å². The molecule has 1 fully saturated rings. The van der Waals surface area contributed by atoms with E-state index in [0.717, 1.165) is 22.7 Å². The first-order valence-electron chi connectivity index (χ1n) is 7.40. The van der Waals surface area contributed by atoms with Crippen LogP contribution < -0.4 is 10.1 Å². The molecule has 3 heteroatoms. The predicted octanol–water partition coefficient (Wildman–Crippen LogP) is 4.69. The Bertz CT molecular complexity index is 404. The summed E-state index contributed by atoms with van der Waals surface area (Å²) in [6, 6.07) is 6.82. The summed E-state index contributed by atoms with van der Waals surface area (Å²) in [5.74, 6) is 1.85. The van der Waals surface area contributed by atoms with E-state index in [0.29, 0.717) is 12.6 Å². The van der Waals surface area contributed by atoms with Gasteiger partial charge in [-0.25, -0.2) is 0 Å². The van der Waals surface area contributed by atoms with Gasteiger partial charge in [0.05, 0.1) is 6.61 Å². The molecule has 2 nitrogen and oxygen atoms in total. The molecule has 2 rings (SSSR count). The van der Waals surface area contributed by atoms with Crippen LogP contribution in [0.4, 0.5) is 0 Å². The summed E-state index contributed by atoms with van der Waals surface area (Å²) in [4.78, 5) is 0. The molecule has 1 aliphatic rings. The van der Waals surface area contributed by atoms with Crippen LogP contribution in [0.15, 0.2) is 22.7 Å². The highest BCUT2D eigenvalue weighted by Gasteiger charge is 2.23. The molecule has 1 unspecified atom stereocenters. The number of benzene rings is 1. The molecule has 19 heavy (non-hydrogen) atoms. The normalized spacial score (nSPS) is 17.0. The lowest BCUT2D eigenvalue weighted by Crippen LogP contribution is -2.26. The lowest BCUT2D eigenvalue weighted by Gasteiger charge is -2.30. The molecule has 1 aliphatic carbocycles. The Morgan fingerprint density at radius 2 is 2.16 bits per heavy atom. The number of nitrogens with one attached hydrogen (secondary N) is 1. The summed E-state index contributed by atoms with van der Waals surface area (Å²) in [7, 11) is 0. The van der Waals surface area contributed by atoms with Crippen LogP contribution in [0.1, 0.15) is 51.1 Å². The number of ether oxygens (including phenoxy) is 1. The van der Waals surface area contributed by atoms with Gasteiger partial charge in [0.15, 0.2) is 0 Å². The molecular formula is C16H24BrNO. The second kappa shape index (κ2) is 7.30. The van der Waals surface area contributed by atoms with E-state index in [1.165, 1.54) is 31.2 Å². The molecule has 0 radical (unpaired) electrons. The number of hydrogen-bond donors (Lipinski definition) is 1. The van der Waals surface area contributed by atoms with E-state index in [4.69, 9.17) is 4.74 Å². The van der Waals surface area contributed by atoms with Gasteiger partial charge >= 0.3 is 0 Å². The summed E-state index contributed by atoms with van der Waals surface area (Å²) in [6.45, 7) is 5.91. The van der Waals surface area contributed by atoms with Crippen molar-refractivity contribution in [1.82, 2.24) is 5.32 Å². The van der Waals surface area contributed by atoms with Gasteiger partial charge in [0.25, 0.3) is 0 Å². The molecule has 1 atom stereocenters. The number of hydrogen-bond acceptors (Lipinski definition) is 2. The van der Waals surface area contributed by atoms with Crippen molar-refractivity contribution in [2.24, 2.45) is 5.92 Å². The average molecular weight is 326 g/mol. The summed E-state index contributed by atoms with van der Waals surface area (Å²) >= 11 is 3.70. The van der Waals surface area contributed by atoms with Crippen LogP contribution in [-0.4, -0.2) is 13.2 Å². The molecule has 0 amide bonds. The van der Waals surface area contributed by atoms with Gasteiger partial charge in [-0.05, 0) is 43.5 Å². The molecule has 0 aliphatic heterocycles. The quantitative estimate of drug-likeness (QED) is 0.785. The second-order valence-electron chi connectivity index (χ2n) is 5.26. The molecular weight excluding hydrogens is 302 g/mol. The first kappa shape index (κ1) is 14.9. The Balaban J connectivity index is 2.10. The first-order valence-corrected chi connectivity index (χ1v) is 8.19. The number of rotatable bonds is 7. The lowest BCUT2D eigenvalue weighted by atomic mass is 9.79. The van der Waals surface area contributed by atoms with E-state index in [9.17, 15) is 0 Å². The van der Waals surface area contributed by atoms with Gasteiger partial charge in [0, 0.05) is 10.5 Å². The van der Waals surface area contributed by atoms with E-state index in [1.54, 1.807) is 0 Å². The van der Waals surface area contributed by atoms with Crippen LogP contribution in [0, 0.1) is 5.92 Å². The van der Waals surface area contributed by atoms with Crippen LogP contribution in [-0.2, 0) is 0 Å². The standard InChI is InChI=1S/C16H24BrNO/c1-3-18-16(10-12-6-5-7-12)14-9-8-13(19-4-2)11-15(14)17/h8-9,11-12,16,18H,3-7,10H2,1-2H3. The van der Waals surface area contributed by atoms with Crippen molar-refractivity contribution < 1.29 is 4.74 Å². The molecule has 0 spiro atoms. The van der Waals surface area contributed by atoms with Gasteiger partial charge in [-0.15, -0.1) is 0 Å². The molecule has 106 valence electrons. The van der Waals surface area contributed by atoms with Crippen LogP contribution in [0.5, 0.6) is 5.75 Å². The third-order valence-corrected chi connectivity index (χ3v) is 4.59. The van der Waals surface area contributed by atoms with Gasteiger partial charge in [-0.2, -0.15) is 0 Å². The maximum Gasteiger partial charge on any atom is 0.120 e. The van der Waals surface area contributed by atoms with E-state index < -0.39 is 0 Å². The monoisotopic (exact) mass is 325 g/mol. The molecule has 0 bridgehead atoms. The third kappa shape index (κ3) is 3.96. The Kier molecular flexibility index (Phi) is 5.71. The Labute approximate surface area is 125 Å². The predicted molar refractivity (Wildman–Crippen MR) is 83.7 cm³/mol. The number of halogens is 1. The fourth-order valence-corrected chi connectivity index (χ4v) is 3.31. The van der Waals surface area contributed by atoms with Crippen LogP contribution in [0.25, 0.3) is 0 Å². The van der Waals surface area contributed by atoms with Gasteiger partial charge in [-0.3, -0.25) is 0 Å². The summed E-state index contributed by atoms with van der Waals surface area (Å²) < 4.78 is 6.70. The highest BCUT2D eigenvalue weighted by Crippen LogP contribution is 2.37. The van der Waals surface area contributed by atoms with Crippen molar-refractivity contribution in [3.8, 4) is 5.75 Å². The Morgan fingerprint density at radius 3 is 2.68 bits per heavy atom. The minimum atomic E-state index is 0.459. The Morgan fingerprint density at radius 1 is 1.37 bits per heavy atom. The van der Waals surface area contributed by atoms with Crippen molar-refractivity contribution in [3.63, 3.8) is 0 Å². The van der Waals surface area contributed by atoms with Gasteiger partial charge in [0.1, 0.15) is 5.75 Å². The van der Waals surface area contributed by atoms with E-state index >= 15 is 0 Å². The minimum Gasteiger partial charge on any atom is -0.494 e. The first-order chi connectivity index (χ1) is 9.24. The molecule has 1 saturated carbocycles. The van der Waals surface area contributed by atoms with Gasteiger partial charge < -0.3 is 10.1 Å². The lowest BCUT2D eigenvalue weighted by molar-refractivity contribution is 0.262.